The van der Waals surface area contributed by atoms with Crippen molar-refractivity contribution in [2.45, 2.75) is 38.5 Å². The smallest absolute Gasteiger partial charge is 0.242 e. The molecule has 5 rings (SSSR count). The number of rotatable bonds is 4. The number of carbonyl (C=O) groups excluding carboxylic acids is 1. The largest absolute Gasteiger partial charge is 0.350 e. The number of pyridine rings is 1. The molecule has 0 radical (unpaired) electrons. The van der Waals surface area contributed by atoms with Crippen molar-refractivity contribution in [3.8, 4) is 11.5 Å². The van der Waals surface area contributed by atoms with Crippen LogP contribution in [-0.4, -0.2) is 52.4 Å². The lowest BCUT2D eigenvalue weighted by Gasteiger charge is -2.29. The van der Waals surface area contributed by atoms with Crippen molar-refractivity contribution >= 4 is 22.5 Å². The maximum Gasteiger partial charge on any atom is 0.242 e. The molecule has 3 heterocycles. The molecule has 1 fully saturated rings. The summed E-state index contributed by atoms with van der Waals surface area (Å²) in [6.45, 7) is 2.11. The van der Waals surface area contributed by atoms with Crippen LogP contribution in [0.3, 0.4) is 0 Å². The standard InChI is InChI=1S/C24H27N5O/c1-28(16-22(30)29-12-5-2-6-13-29)24-19-10-7-11-20(19)26-23(27-24)21-14-17-8-3-4-9-18(17)15-25-21/h3-4,8-9,14-15H,2,5-7,10-13,16H2,1H3. The first-order valence-corrected chi connectivity index (χ1v) is 10.9. The van der Waals surface area contributed by atoms with Gasteiger partial charge in [0.15, 0.2) is 5.82 Å². The summed E-state index contributed by atoms with van der Waals surface area (Å²) in [6, 6.07) is 10.2. The van der Waals surface area contributed by atoms with E-state index in [2.05, 4.69) is 23.2 Å². The molecule has 0 saturated carbocycles. The number of likely N-dealkylation sites (tertiary alicyclic amines) is 1. The number of carbonyl (C=O) groups is 1. The number of fused-ring (bicyclic) bond motifs is 2. The average Bonchev–Trinajstić information content (AvgIpc) is 3.27. The summed E-state index contributed by atoms with van der Waals surface area (Å²) < 4.78 is 0. The molecule has 2 aromatic heterocycles. The summed E-state index contributed by atoms with van der Waals surface area (Å²) in [5, 5.41) is 2.23. The number of piperidine rings is 1. The van der Waals surface area contributed by atoms with Crippen molar-refractivity contribution in [2.24, 2.45) is 0 Å². The predicted octanol–water partition coefficient (Wildman–Crippen LogP) is 3.63. The molecule has 0 N–H and O–H groups in total. The molecular formula is C24H27N5O. The maximum atomic E-state index is 12.8. The SMILES string of the molecule is CN(CC(=O)N1CCCCC1)c1nc(-c2cc3ccccc3cn2)nc2c1CCC2. The molecule has 1 aliphatic carbocycles. The van der Waals surface area contributed by atoms with E-state index in [1.54, 1.807) is 0 Å². The summed E-state index contributed by atoms with van der Waals surface area (Å²) in [6.07, 6.45) is 8.33. The lowest BCUT2D eigenvalue weighted by atomic mass is 10.1. The molecular weight excluding hydrogens is 374 g/mol. The molecule has 0 bridgehead atoms. The Labute approximate surface area is 177 Å². The fraction of sp³-hybridized carbons (Fsp3) is 0.417. The second-order valence-corrected chi connectivity index (χ2v) is 8.36. The average molecular weight is 402 g/mol. The number of anilines is 1. The molecule has 6 heteroatoms. The van der Waals surface area contributed by atoms with Gasteiger partial charge in [0.05, 0.1) is 6.54 Å². The molecule has 1 amide bonds. The zero-order valence-electron chi connectivity index (χ0n) is 17.5. The van der Waals surface area contributed by atoms with Crippen LogP contribution in [0.15, 0.2) is 36.5 Å². The van der Waals surface area contributed by atoms with Gasteiger partial charge in [-0.3, -0.25) is 9.78 Å². The first kappa shape index (κ1) is 19.0. The summed E-state index contributed by atoms with van der Waals surface area (Å²) in [4.78, 5) is 31.2. The molecule has 0 unspecified atom stereocenters. The number of amides is 1. The highest BCUT2D eigenvalue weighted by Gasteiger charge is 2.25. The minimum atomic E-state index is 0.188. The first-order valence-electron chi connectivity index (χ1n) is 10.9. The third-order valence-electron chi connectivity index (χ3n) is 6.21. The highest BCUT2D eigenvalue weighted by atomic mass is 16.2. The van der Waals surface area contributed by atoms with Gasteiger partial charge in [-0.2, -0.15) is 0 Å². The lowest BCUT2D eigenvalue weighted by molar-refractivity contribution is -0.130. The van der Waals surface area contributed by atoms with Crippen LogP contribution in [0.2, 0.25) is 0 Å². The third kappa shape index (κ3) is 3.62. The van der Waals surface area contributed by atoms with Crippen molar-refractivity contribution in [2.75, 3.05) is 31.6 Å². The highest BCUT2D eigenvalue weighted by Crippen LogP contribution is 2.31. The second-order valence-electron chi connectivity index (χ2n) is 8.36. The Morgan fingerprint density at radius 3 is 2.67 bits per heavy atom. The Kier molecular flexibility index (Phi) is 5.07. The van der Waals surface area contributed by atoms with Crippen molar-refractivity contribution < 1.29 is 4.79 Å². The van der Waals surface area contributed by atoms with Crippen LogP contribution in [0.1, 0.15) is 36.9 Å². The highest BCUT2D eigenvalue weighted by molar-refractivity contribution is 5.85. The predicted molar refractivity (Wildman–Crippen MR) is 118 cm³/mol. The molecule has 1 saturated heterocycles. The van der Waals surface area contributed by atoms with E-state index < -0.39 is 0 Å². The van der Waals surface area contributed by atoms with Crippen LogP contribution >= 0.6 is 0 Å². The minimum Gasteiger partial charge on any atom is -0.350 e. The Hall–Kier alpha value is -3.02. The van der Waals surface area contributed by atoms with Crippen LogP contribution in [-0.2, 0) is 17.6 Å². The van der Waals surface area contributed by atoms with E-state index in [1.165, 1.54) is 12.0 Å². The van der Waals surface area contributed by atoms with Gasteiger partial charge in [0.1, 0.15) is 11.5 Å². The topological polar surface area (TPSA) is 62.2 Å². The van der Waals surface area contributed by atoms with E-state index in [-0.39, 0.29) is 5.91 Å². The Morgan fingerprint density at radius 1 is 1.03 bits per heavy atom. The minimum absolute atomic E-state index is 0.188. The van der Waals surface area contributed by atoms with E-state index in [0.29, 0.717) is 12.4 Å². The Bertz CT molecular complexity index is 1090. The Morgan fingerprint density at radius 2 is 1.83 bits per heavy atom. The van der Waals surface area contributed by atoms with Crippen molar-refractivity contribution in [3.05, 3.63) is 47.8 Å². The monoisotopic (exact) mass is 401 g/mol. The Balaban J connectivity index is 1.47. The molecule has 6 nitrogen and oxygen atoms in total. The van der Waals surface area contributed by atoms with E-state index in [0.717, 1.165) is 73.2 Å². The molecule has 1 aromatic carbocycles. The van der Waals surface area contributed by atoms with Crippen molar-refractivity contribution in [1.82, 2.24) is 19.9 Å². The number of hydrogen-bond donors (Lipinski definition) is 0. The summed E-state index contributed by atoms with van der Waals surface area (Å²) >= 11 is 0. The van der Waals surface area contributed by atoms with Gasteiger partial charge in [0.2, 0.25) is 5.91 Å². The van der Waals surface area contributed by atoms with Gasteiger partial charge in [-0.05, 0) is 50.0 Å². The maximum absolute atomic E-state index is 12.8. The van der Waals surface area contributed by atoms with Gasteiger partial charge in [-0.25, -0.2) is 9.97 Å². The molecule has 1 aliphatic heterocycles. The third-order valence-corrected chi connectivity index (χ3v) is 6.21. The van der Waals surface area contributed by atoms with Crippen LogP contribution in [0, 0.1) is 0 Å². The second kappa shape index (κ2) is 8.01. The van der Waals surface area contributed by atoms with Crippen molar-refractivity contribution in [1.29, 1.82) is 0 Å². The zero-order chi connectivity index (χ0) is 20.5. The van der Waals surface area contributed by atoms with E-state index >= 15 is 0 Å². The molecule has 2 aliphatic rings. The van der Waals surface area contributed by atoms with Crippen LogP contribution in [0.4, 0.5) is 5.82 Å². The van der Waals surface area contributed by atoms with Gasteiger partial charge >= 0.3 is 0 Å². The van der Waals surface area contributed by atoms with Gasteiger partial charge in [-0.1, -0.05) is 24.3 Å². The summed E-state index contributed by atoms with van der Waals surface area (Å²) in [5.74, 6) is 1.72. The first-order chi connectivity index (χ1) is 14.7. The van der Waals surface area contributed by atoms with Crippen LogP contribution < -0.4 is 4.90 Å². The number of nitrogens with zero attached hydrogens (tertiary/aromatic N) is 5. The summed E-state index contributed by atoms with van der Waals surface area (Å²) in [7, 11) is 1.97. The molecule has 154 valence electrons. The fourth-order valence-corrected chi connectivity index (χ4v) is 4.57. The van der Waals surface area contributed by atoms with Gasteiger partial charge in [0, 0.05) is 43.0 Å². The molecule has 3 aromatic rings. The van der Waals surface area contributed by atoms with E-state index in [4.69, 9.17) is 9.97 Å². The number of benzene rings is 1. The van der Waals surface area contributed by atoms with Gasteiger partial charge in [0.25, 0.3) is 0 Å². The zero-order valence-corrected chi connectivity index (χ0v) is 17.5. The van der Waals surface area contributed by atoms with E-state index in [1.807, 2.05) is 35.2 Å². The molecule has 30 heavy (non-hydrogen) atoms. The van der Waals surface area contributed by atoms with Gasteiger partial charge < -0.3 is 9.80 Å². The van der Waals surface area contributed by atoms with E-state index in [9.17, 15) is 4.79 Å². The number of aromatic nitrogens is 3. The number of aryl methyl sites for hydroxylation is 1. The number of likely N-dealkylation sites (N-methyl/N-ethyl adjacent to an activating group) is 1. The quantitative estimate of drug-likeness (QED) is 0.668. The molecule has 0 spiro atoms. The lowest BCUT2D eigenvalue weighted by Crippen LogP contribution is -2.42. The summed E-state index contributed by atoms with van der Waals surface area (Å²) in [5.41, 5.74) is 3.07. The van der Waals surface area contributed by atoms with Crippen LogP contribution in [0.5, 0.6) is 0 Å². The fourth-order valence-electron chi connectivity index (χ4n) is 4.57. The van der Waals surface area contributed by atoms with Gasteiger partial charge in [-0.15, -0.1) is 0 Å². The van der Waals surface area contributed by atoms with Crippen molar-refractivity contribution in [3.63, 3.8) is 0 Å². The number of hydrogen-bond acceptors (Lipinski definition) is 5. The van der Waals surface area contributed by atoms with Crippen LogP contribution in [0.25, 0.3) is 22.3 Å². The molecule has 0 atom stereocenters. The normalized spacial score (nSPS) is 16.0.